The van der Waals surface area contributed by atoms with Gasteiger partial charge >= 0.3 is 8.56 Å². The Hall–Kier alpha value is -4.94. The van der Waals surface area contributed by atoms with Crippen LogP contribution in [0.5, 0.6) is 0 Å². The van der Waals surface area contributed by atoms with Crippen LogP contribution in [0.15, 0.2) is 109 Å². The maximum Gasteiger partial charge on any atom is 0.368 e. The summed E-state index contributed by atoms with van der Waals surface area (Å²) in [6, 6.07) is 40.4. The average Bonchev–Trinajstić information content (AvgIpc) is 3.11. The molecule has 6 rings (SSSR count). The predicted octanol–water partition coefficient (Wildman–Crippen LogP) is 12.6. The molecule has 0 aliphatic carbocycles. The SMILES string of the molecule is CO[Si](C)(OC)c1ccc(N(c2ccc(-c3ccc(N(c4c(C)cc(C)cc4C)c4c(C)cc(C)cc4C)cc3)cc2)c2c(C)cc(C)cc2C)cc1. The third-order valence-electron chi connectivity index (χ3n) is 10.6. The Morgan fingerprint density at radius 1 is 0.377 bits per heavy atom. The maximum atomic E-state index is 5.84. The lowest BCUT2D eigenvalue weighted by molar-refractivity contribution is 0.265. The number of anilines is 6. The summed E-state index contributed by atoms with van der Waals surface area (Å²) < 4.78 is 11.7. The highest BCUT2D eigenvalue weighted by Gasteiger charge is 2.32. The van der Waals surface area contributed by atoms with Gasteiger partial charge in [0, 0.05) is 31.3 Å². The van der Waals surface area contributed by atoms with Gasteiger partial charge in [0.1, 0.15) is 0 Å². The molecular formula is C48H54N2O2Si. The van der Waals surface area contributed by atoms with Crippen molar-refractivity contribution in [2.24, 2.45) is 0 Å². The molecular weight excluding hydrogens is 665 g/mol. The Balaban J connectivity index is 1.40. The van der Waals surface area contributed by atoms with E-state index in [1.807, 2.05) is 0 Å². The van der Waals surface area contributed by atoms with Gasteiger partial charge in [0.15, 0.2) is 0 Å². The number of rotatable bonds is 10. The smallest absolute Gasteiger partial charge is 0.368 e. The van der Waals surface area contributed by atoms with E-state index in [0.717, 1.165) is 22.2 Å². The Morgan fingerprint density at radius 2 is 0.642 bits per heavy atom. The van der Waals surface area contributed by atoms with Crippen molar-refractivity contribution < 1.29 is 8.85 Å². The standard InChI is InChI=1S/C48H54N2O2Si/c1-31-25-34(4)46(35(5)26-31)49(43-21-23-45(24-22-43)53(12,51-10)52-11)42-17-13-40(14-18-42)41-15-19-44(20-16-41)50(47-36(6)27-32(2)28-37(47)7)48-38(8)29-33(3)30-39(48)9/h13-30H,1-12H3. The van der Waals surface area contributed by atoms with Gasteiger partial charge in [-0.2, -0.15) is 0 Å². The van der Waals surface area contributed by atoms with Crippen LogP contribution in [0, 0.1) is 62.3 Å². The fourth-order valence-corrected chi connectivity index (χ4v) is 9.60. The Bertz CT molecular complexity index is 2130. The van der Waals surface area contributed by atoms with Crippen molar-refractivity contribution in [2.45, 2.75) is 68.9 Å². The van der Waals surface area contributed by atoms with E-state index in [9.17, 15) is 0 Å². The lowest BCUT2D eigenvalue weighted by Crippen LogP contribution is -2.49. The van der Waals surface area contributed by atoms with Gasteiger partial charge in [-0.15, -0.1) is 0 Å². The molecule has 4 nitrogen and oxygen atoms in total. The van der Waals surface area contributed by atoms with Crippen molar-refractivity contribution in [1.82, 2.24) is 0 Å². The van der Waals surface area contributed by atoms with Crippen molar-refractivity contribution in [3.05, 3.63) is 159 Å². The van der Waals surface area contributed by atoms with Gasteiger partial charge in [-0.3, -0.25) is 0 Å². The molecule has 6 aromatic rings. The van der Waals surface area contributed by atoms with Crippen LogP contribution in [-0.2, 0) is 8.85 Å². The van der Waals surface area contributed by atoms with Crippen LogP contribution in [0.25, 0.3) is 11.1 Å². The summed E-state index contributed by atoms with van der Waals surface area (Å²) in [6.45, 7) is 21.9. The molecule has 0 aliphatic rings. The molecule has 0 N–H and O–H groups in total. The Kier molecular flexibility index (Phi) is 10.8. The zero-order valence-electron chi connectivity index (χ0n) is 33.6. The van der Waals surface area contributed by atoms with Gasteiger partial charge in [-0.25, -0.2) is 0 Å². The fraction of sp³-hybridized carbons (Fsp3) is 0.250. The van der Waals surface area contributed by atoms with E-state index in [1.165, 1.54) is 78.3 Å². The number of hydrogen-bond donors (Lipinski definition) is 0. The van der Waals surface area contributed by atoms with E-state index in [1.54, 1.807) is 14.2 Å². The molecule has 0 fully saturated rings. The van der Waals surface area contributed by atoms with Gasteiger partial charge in [-0.05, 0) is 155 Å². The molecule has 0 aromatic heterocycles. The van der Waals surface area contributed by atoms with Crippen molar-refractivity contribution >= 4 is 47.9 Å². The van der Waals surface area contributed by atoms with E-state index in [0.29, 0.717) is 0 Å². The summed E-state index contributed by atoms with van der Waals surface area (Å²) in [6.07, 6.45) is 0. The van der Waals surface area contributed by atoms with Crippen LogP contribution in [0.4, 0.5) is 34.1 Å². The van der Waals surface area contributed by atoms with Gasteiger partial charge in [0.2, 0.25) is 0 Å². The van der Waals surface area contributed by atoms with E-state index < -0.39 is 8.56 Å². The fourth-order valence-electron chi connectivity index (χ4n) is 8.19. The number of benzene rings is 6. The van der Waals surface area contributed by atoms with Crippen LogP contribution >= 0.6 is 0 Å². The summed E-state index contributed by atoms with van der Waals surface area (Å²) in [7, 11) is 1.02. The lowest BCUT2D eigenvalue weighted by atomic mass is 9.98. The van der Waals surface area contributed by atoms with Crippen LogP contribution < -0.4 is 15.0 Å². The van der Waals surface area contributed by atoms with Crippen molar-refractivity contribution in [2.75, 3.05) is 24.0 Å². The van der Waals surface area contributed by atoms with Gasteiger partial charge < -0.3 is 18.7 Å². The number of nitrogens with zero attached hydrogens (tertiary/aromatic N) is 2. The van der Waals surface area contributed by atoms with Crippen LogP contribution in [0.1, 0.15) is 50.1 Å². The van der Waals surface area contributed by atoms with Crippen LogP contribution in [0.2, 0.25) is 6.55 Å². The molecule has 0 heterocycles. The topological polar surface area (TPSA) is 24.9 Å². The third-order valence-corrected chi connectivity index (χ3v) is 13.5. The molecule has 53 heavy (non-hydrogen) atoms. The minimum absolute atomic E-state index is 1.09. The minimum atomic E-state index is -2.45. The molecule has 0 atom stereocenters. The summed E-state index contributed by atoms with van der Waals surface area (Å²) in [5.74, 6) is 0. The van der Waals surface area contributed by atoms with Gasteiger partial charge in [0.25, 0.3) is 0 Å². The molecule has 0 aliphatic heterocycles. The second-order valence-corrected chi connectivity index (χ2v) is 18.2. The summed E-state index contributed by atoms with van der Waals surface area (Å²) in [5, 5.41) is 1.10. The molecule has 5 heteroatoms. The normalized spacial score (nSPS) is 11.5. The summed E-state index contributed by atoms with van der Waals surface area (Å²) in [4.78, 5) is 4.83. The molecule has 0 saturated carbocycles. The number of hydrogen-bond acceptors (Lipinski definition) is 4. The van der Waals surface area contributed by atoms with E-state index in [2.05, 4.69) is 188 Å². The molecule has 0 amide bonds. The van der Waals surface area contributed by atoms with E-state index in [-0.39, 0.29) is 0 Å². The molecule has 0 radical (unpaired) electrons. The largest absolute Gasteiger partial charge is 0.394 e. The summed E-state index contributed by atoms with van der Waals surface area (Å²) in [5.41, 5.74) is 20.8. The van der Waals surface area contributed by atoms with Crippen molar-refractivity contribution in [1.29, 1.82) is 0 Å². The molecule has 0 unspecified atom stereocenters. The van der Waals surface area contributed by atoms with Crippen molar-refractivity contribution in [3.8, 4) is 11.1 Å². The molecule has 6 aromatic carbocycles. The average molecular weight is 719 g/mol. The molecule has 0 bridgehead atoms. The van der Waals surface area contributed by atoms with E-state index in [4.69, 9.17) is 8.85 Å². The predicted molar refractivity (Wildman–Crippen MR) is 229 cm³/mol. The summed E-state index contributed by atoms with van der Waals surface area (Å²) >= 11 is 0. The third kappa shape index (κ3) is 7.47. The molecule has 0 spiro atoms. The zero-order valence-corrected chi connectivity index (χ0v) is 34.6. The van der Waals surface area contributed by atoms with Crippen LogP contribution in [0.3, 0.4) is 0 Å². The van der Waals surface area contributed by atoms with Gasteiger partial charge in [0.05, 0.1) is 17.1 Å². The highest BCUT2D eigenvalue weighted by atomic mass is 28.4. The number of aryl methyl sites for hydroxylation is 9. The minimum Gasteiger partial charge on any atom is -0.394 e. The Labute approximate surface area is 318 Å². The first-order chi connectivity index (χ1) is 25.2. The van der Waals surface area contributed by atoms with Crippen molar-refractivity contribution in [3.63, 3.8) is 0 Å². The first kappa shape index (κ1) is 37.8. The zero-order chi connectivity index (χ0) is 38.2. The quantitative estimate of drug-likeness (QED) is 0.132. The second-order valence-electron chi connectivity index (χ2n) is 14.9. The van der Waals surface area contributed by atoms with Crippen LogP contribution in [-0.4, -0.2) is 22.8 Å². The molecule has 0 saturated heterocycles. The molecule has 272 valence electrons. The van der Waals surface area contributed by atoms with E-state index >= 15 is 0 Å². The Morgan fingerprint density at radius 3 is 0.943 bits per heavy atom. The monoisotopic (exact) mass is 718 g/mol. The first-order valence-electron chi connectivity index (χ1n) is 18.5. The first-order valence-corrected chi connectivity index (χ1v) is 20.8. The highest BCUT2D eigenvalue weighted by molar-refractivity contribution is 6.79. The van der Waals surface area contributed by atoms with Gasteiger partial charge in [-0.1, -0.05) is 89.5 Å². The maximum absolute atomic E-state index is 5.84. The highest BCUT2D eigenvalue weighted by Crippen LogP contribution is 2.44. The lowest BCUT2D eigenvalue weighted by Gasteiger charge is -2.32. The second kappa shape index (κ2) is 15.2.